The van der Waals surface area contributed by atoms with E-state index in [4.69, 9.17) is 8.75 Å². The summed E-state index contributed by atoms with van der Waals surface area (Å²) in [5.41, 5.74) is 11.0. The third kappa shape index (κ3) is 4.04. The van der Waals surface area contributed by atoms with Crippen LogP contribution in [0.2, 0.25) is 0 Å². The number of hydrogen-bond donors (Lipinski definition) is 0. The first-order valence-electron chi connectivity index (χ1n) is 11.1. The van der Waals surface area contributed by atoms with E-state index in [1.807, 2.05) is 0 Å². The van der Waals surface area contributed by atoms with Gasteiger partial charge in [0.1, 0.15) is 11.0 Å². The number of benzene rings is 3. The summed E-state index contributed by atoms with van der Waals surface area (Å²) in [7, 11) is 0. The molecule has 3 aromatic carbocycles. The van der Waals surface area contributed by atoms with Gasteiger partial charge in [-0.15, -0.1) is 0 Å². The smallest absolute Gasteiger partial charge is 0.113 e. The van der Waals surface area contributed by atoms with Crippen LogP contribution in [0, 0.1) is 6.92 Å². The molecular formula is C28H32N2S. The van der Waals surface area contributed by atoms with Crippen LogP contribution in [0.3, 0.4) is 0 Å². The Hall–Kier alpha value is -2.52. The summed E-state index contributed by atoms with van der Waals surface area (Å²) in [6.07, 6.45) is 1.12. The summed E-state index contributed by atoms with van der Waals surface area (Å²) >= 11 is 1.30. The summed E-state index contributed by atoms with van der Waals surface area (Å²) < 4.78 is 9.41. The van der Waals surface area contributed by atoms with E-state index in [1.54, 1.807) is 0 Å². The average Bonchev–Trinajstić information content (AvgIpc) is 3.22. The van der Waals surface area contributed by atoms with Crippen LogP contribution >= 0.6 is 11.7 Å². The Morgan fingerprint density at radius 1 is 0.742 bits per heavy atom. The van der Waals surface area contributed by atoms with E-state index >= 15 is 0 Å². The number of fused-ring (bicyclic) bond motifs is 1. The molecule has 4 rings (SSSR count). The fourth-order valence-electron chi connectivity index (χ4n) is 4.10. The van der Waals surface area contributed by atoms with Crippen molar-refractivity contribution >= 4 is 22.8 Å². The summed E-state index contributed by atoms with van der Waals surface area (Å²) in [6.45, 7) is 15.8. The molecule has 0 fully saturated rings. The molecule has 160 valence electrons. The van der Waals surface area contributed by atoms with Crippen LogP contribution < -0.4 is 0 Å². The van der Waals surface area contributed by atoms with E-state index in [9.17, 15) is 0 Å². The lowest BCUT2D eigenvalue weighted by Crippen LogP contribution is -2.14. The van der Waals surface area contributed by atoms with Crippen LogP contribution in [0.4, 0.5) is 0 Å². The van der Waals surface area contributed by atoms with Gasteiger partial charge in [-0.05, 0) is 58.1 Å². The van der Waals surface area contributed by atoms with Gasteiger partial charge in [-0.25, -0.2) is 0 Å². The van der Waals surface area contributed by atoms with Crippen molar-refractivity contribution in [1.29, 1.82) is 0 Å². The van der Waals surface area contributed by atoms with Gasteiger partial charge in [-0.1, -0.05) is 90.1 Å². The maximum atomic E-state index is 4.71. The highest BCUT2D eigenvalue weighted by Gasteiger charge is 2.20. The average molecular weight is 429 g/mol. The first-order valence-corrected chi connectivity index (χ1v) is 11.8. The van der Waals surface area contributed by atoms with E-state index in [0.29, 0.717) is 0 Å². The predicted octanol–water partition coefficient (Wildman–Crippen LogP) is 8.32. The highest BCUT2D eigenvalue weighted by molar-refractivity contribution is 7.00. The Morgan fingerprint density at radius 3 is 1.87 bits per heavy atom. The first-order chi connectivity index (χ1) is 14.6. The molecule has 3 heteroatoms. The number of rotatable bonds is 4. The Bertz CT molecular complexity index is 1210. The quantitative estimate of drug-likeness (QED) is 0.326. The second-order valence-electron chi connectivity index (χ2n) is 10.2. The second-order valence-corrected chi connectivity index (χ2v) is 10.7. The second kappa shape index (κ2) is 7.87. The fraction of sp³-hybridized carbons (Fsp3) is 0.357. The van der Waals surface area contributed by atoms with Crippen LogP contribution in [-0.4, -0.2) is 8.75 Å². The third-order valence-corrected chi connectivity index (χ3v) is 7.16. The predicted molar refractivity (Wildman–Crippen MR) is 135 cm³/mol. The molecule has 0 unspecified atom stereocenters. The molecule has 0 spiro atoms. The maximum Gasteiger partial charge on any atom is 0.113 e. The van der Waals surface area contributed by atoms with Gasteiger partial charge in [0, 0.05) is 11.1 Å². The van der Waals surface area contributed by atoms with Gasteiger partial charge in [0.2, 0.25) is 0 Å². The van der Waals surface area contributed by atoms with E-state index in [2.05, 4.69) is 103 Å². The standard InChI is InChI=1S/C28H32N2S/c1-8-28(6,7)22-15-9-19(10-16-22)23-17-18(2)24(26-25(23)29-31-30-26)20-11-13-21(14-12-20)27(3,4)5/h9-17H,8H2,1-7H3. The fourth-order valence-corrected chi connectivity index (χ4v) is 4.67. The van der Waals surface area contributed by atoms with Gasteiger partial charge >= 0.3 is 0 Å². The van der Waals surface area contributed by atoms with Crippen molar-refractivity contribution in [2.45, 2.75) is 65.7 Å². The molecule has 1 aromatic heterocycles. The summed E-state index contributed by atoms with van der Waals surface area (Å²) in [6, 6.07) is 20.2. The van der Waals surface area contributed by atoms with E-state index in [-0.39, 0.29) is 10.8 Å². The third-order valence-electron chi connectivity index (χ3n) is 6.64. The van der Waals surface area contributed by atoms with Crippen molar-refractivity contribution in [2.75, 3.05) is 0 Å². The molecule has 31 heavy (non-hydrogen) atoms. The Labute approximate surface area is 190 Å². The molecule has 0 aliphatic heterocycles. The van der Waals surface area contributed by atoms with E-state index < -0.39 is 0 Å². The molecule has 0 saturated heterocycles. The number of aryl methyl sites for hydroxylation is 1. The van der Waals surface area contributed by atoms with Crippen molar-refractivity contribution in [3.8, 4) is 22.3 Å². The molecule has 0 saturated carbocycles. The van der Waals surface area contributed by atoms with Crippen LogP contribution in [0.25, 0.3) is 33.3 Å². The largest absolute Gasteiger partial charge is 0.172 e. The highest BCUT2D eigenvalue weighted by atomic mass is 32.1. The number of aromatic nitrogens is 2. The molecule has 0 aliphatic rings. The van der Waals surface area contributed by atoms with Crippen molar-refractivity contribution < 1.29 is 0 Å². The van der Waals surface area contributed by atoms with E-state index in [0.717, 1.165) is 23.0 Å². The first kappa shape index (κ1) is 21.7. The van der Waals surface area contributed by atoms with Gasteiger partial charge in [-0.2, -0.15) is 8.75 Å². The van der Waals surface area contributed by atoms with Crippen molar-refractivity contribution in [1.82, 2.24) is 8.75 Å². The lowest BCUT2D eigenvalue weighted by Gasteiger charge is -2.23. The molecular weight excluding hydrogens is 396 g/mol. The SMILES string of the molecule is CCC(C)(C)c1ccc(-c2cc(C)c(-c3ccc(C(C)(C)C)cc3)c3nsnc23)cc1. The highest BCUT2D eigenvalue weighted by Crippen LogP contribution is 2.38. The van der Waals surface area contributed by atoms with Crippen molar-refractivity contribution in [3.05, 3.63) is 71.3 Å². The van der Waals surface area contributed by atoms with Gasteiger partial charge < -0.3 is 0 Å². The molecule has 0 N–H and O–H groups in total. The normalized spacial score (nSPS) is 12.5. The van der Waals surface area contributed by atoms with Crippen LogP contribution in [-0.2, 0) is 10.8 Å². The van der Waals surface area contributed by atoms with E-state index in [1.165, 1.54) is 45.1 Å². The minimum atomic E-state index is 0.146. The minimum Gasteiger partial charge on any atom is -0.172 e. The monoisotopic (exact) mass is 428 g/mol. The summed E-state index contributed by atoms with van der Waals surface area (Å²) in [5.74, 6) is 0. The van der Waals surface area contributed by atoms with Crippen LogP contribution in [0.1, 0.15) is 64.7 Å². The zero-order chi connectivity index (χ0) is 22.4. The van der Waals surface area contributed by atoms with Crippen LogP contribution in [0.15, 0.2) is 54.6 Å². The van der Waals surface area contributed by atoms with Gasteiger partial charge in [0.25, 0.3) is 0 Å². The minimum absolute atomic E-state index is 0.146. The molecule has 0 amide bonds. The molecule has 1 heterocycles. The van der Waals surface area contributed by atoms with Crippen molar-refractivity contribution in [2.24, 2.45) is 0 Å². The lowest BCUT2D eigenvalue weighted by molar-refractivity contribution is 0.506. The molecule has 0 radical (unpaired) electrons. The maximum absolute atomic E-state index is 4.71. The Morgan fingerprint density at radius 2 is 1.29 bits per heavy atom. The lowest BCUT2D eigenvalue weighted by atomic mass is 9.81. The molecule has 0 bridgehead atoms. The van der Waals surface area contributed by atoms with Crippen molar-refractivity contribution in [3.63, 3.8) is 0 Å². The summed E-state index contributed by atoms with van der Waals surface area (Å²) in [4.78, 5) is 0. The summed E-state index contributed by atoms with van der Waals surface area (Å²) in [5, 5.41) is 0. The Kier molecular flexibility index (Phi) is 5.51. The van der Waals surface area contributed by atoms with Gasteiger partial charge in [0.05, 0.1) is 11.7 Å². The topological polar surface area (TPSA) is 25.8 Å². The zero-order valence-electron chi connectivity index (χ0n) is 19.7. The number of hydrogen-bond acceptors (Lipinski definition) is 3. The van der Waals surface area contributed by atoms with Gasteiger partial charge in [0.15, 0.2) is 0 Å². The molecule has 0 atom stereocenters. The van der Waals surface area contributed by atoms with Crippen LogP contribution in [0.5, 0.6) is 0 Å². The van der Waals surface area contributed by atoms with Gasteiger partial charge in [-0.3, -0.25) is 0 Å². The number of nitrogens with zero attached hydrogens (tertiary/aromatic N) is 2. The Balaban J connectivity index is 1.81. The molecule has 2 nitrogen and oxygen atoms in total. The zero-order valence-corrected chi connectivity index (χ0v) is 20.5. The molecule has 0 aliphatic carbocycles. The molecule has 4 aromatic rings.